The summed E-state index contributed by atoms with van der Waals surface area (Å²) in [6.07, 6.45) is 3.16. The van der Waals surface area contributed by atoms with Gasteiger partial charge in [0.15, 0.2) is 0 Å². The highest BCUT2D eigenvalue weighted by Crippen LogP contribution is 2.28. The Hall–Kier alpha value is -0.570. The van der Waals surface area contributed by atoms with Crippen molar-refractivity contribution in [3.8, 4) is 0 Å². The molecule has 1 aliphatic heterocycles. The number of hydrogen-bond acceptors (Lipinski definition) is 2. The first kappa shape index (κ1) is 13.5. The van der Waals surface area contributed by atoms with E-state index in [1.54, 1.807) is 0 Å². The van der Waals surface area contributed by atoms with Crippen molar-refractivity contribution in [1.29, 1.82) is 0 Å². The first-order valence-electron chi connectivity index (χ1n) is 6.36. The molecule has 1 rings (SSSR count). The maximum atomic E-state index is 11.3. The standard InChI is InChI=1S/C13H25NO2/c1-5-13(4,12(15)16)9-14-8-10(2)6-7-11(14)3/h10-11H,5-9H2,1-4H3,(H,15,16). The molecule has 94 valence electrons. The van der Waals surface area contributed by atoms with Crippen molar-refractivity contribution in [2.24, 2.45) is 11.3 Å². The van der Waals surface area contributed by atoms with E-state index in [9.17, 15) is 9.90 Å². The highest BCUT2D eigenvalue weighted by molar-refractivity contribution is 5.74. The van der Waals surface area contributed by atoms with Crippen molar-refractivity contribution in [3.05, 3.63) is 0 Å². The highest BCUT2D eigenvalue weighted by atomic mass is 16.4. The fraction of sp³-hybridized carbons (Fsp3) is 0.923. The SMILES string of the molecule is CCC(C)(CN1CC(C)CCC1C)C(=O)O. The van der Waals surface area contributed by atoms with E-state index >= 15 is 0 Å². The molecule has 0 aliphatic carbocycles. The molecule has 16 heavy (non-hydrogen) atoms. The minimum Gasteiger partial charge on any atom is -0.481 e. The Kier molecular flexibility index (Phi) is 4.36. The second kappa shape index (κ2) is 5.17. The Balaban J connectivity index is 2.66. The minimum absolute atomic E-state index is 0.529. The number of carbonyl (C=O) groups is 1. The van der Waals surface area contributed by atoms with Gasteiger partial charge in [-0.2, -0.15) is 0 Å². The second-order valence-corrected chi connectivity index (χ2v) is 5.68. The average Bonchev–Trinajstić information content (AvgIpc) is 2.23. The molecule has 0 saturated carbocycles. The Bertz CT molecular complexity index is 254. The van der Waals surface area contributed by atoms with Gasteiger partial charge in [0.1, 0.15) is 0 Å². The van der Waals surface area contributed by atoms with Gasteiger partial charge in [-0.25, -0.2) is 0 Å². The summed E-state index contributed by atoms with van der Waals surface area (Å²) in [7, 11) is 0. The summed E-state index contributed by atoms with van der Waals surface area (Å²) in [6.45, 7) is 10.0. The molecule has 0 aromatic carbocycles. The molecule has 3 atom stereocenters. The molecule has 1 saturated heterocycles. The molecular formula is C13H25NO2. The van der Waals surface area contributed by atoms with Crippen LogP contribution in [0.4, 0.5) is 0 Å². The van der Waals surface area contributed by atoms with Crippen molar-refractivity contribution in [2.45, 2.75) is 53.0 Å². The van der Waals surface area contributed by atoms with Crippen LogP contribution in [0.3, 0.4) is 0 Å². The van der Waals surface area contributed by atoms with Gasteiger partial charge in [0.05, 0.1) is 5.41 Å². The van der Waals surface area contributed by atoms with Gasteiger partial charge in [0.2, 0.25) is 0 Å². The van der Waals surface area contributed by atoms with Crippen LogP contribution in [-0.4, -0.2) is 35.1 Å². The molecule has 0 aromatic rings. The number of hydrogen-bond donors (Lipinski definition) is 1. The fourth-order valence-corrected chi connectivity index (χ4v) is 2.38. The lowest BCUT2D eigenvalue weighted by molar-refractivity contribution is -0.150. The molecule has 3 nitrogen and oxygen atoms in total. The first-order valence-corrected chi connectivity index (χ1v) is 6.36. The van der Waals surface area contributed by atoms with Crippen LogP contribution in [0.1, 0.15) is 47.0 Å². The predicted molar refractivity (Wildman–Crippen MR) is 65.5 cm³/mol. The number of carboxylic acids is 1. The summed E-state index contributed by atoms with van der Waals surface area (Å²) in [4.78, 5) is 13.6. The molecule has 0 aromatic heterocycles. The van der Waals surface area contributed by atoms with Crippen LogP contribution >= 0.6 is 0 Å². The van der Waals surface area contributed by atoms with Gasteiger partial charge < -0.3 is 5.11 Å². The number of piperidine rings is 1. The van der Waals surface area contributed by atoms with Gasteiger partial charge in [-0.1, -0.05) is 13.8 Å². The van der Waals surface area contributed by atoms with Crippen LogP contribution in [0.2, 0.25) is 0 Å². The summed E-state index contributed by atoms with van der Waals surface area (Å²) in [5.41, 5.74) is -0.592. The smallest absolute Gasteiger partial charge is 0.310 e. The molecule has 0 spiro atoms. The summed E-state index contributed by atoms with van der Waals surface area (Å²) >= 11 is 0. The molecule has 1 aliphatic rings. The van der Waals surface area contributed by atoms with Crippen LogP contribution in [0.25, 0.3) is 0 Å². The lowest BCUT2D eigenvalue weighted by atomic mass is 9.84. The van der Waals surface area contributed by atoms with Gasteiger partial charge in [-0.3, -0.25) is 9.69 Å². The van der Waals surface area contributed by atoms with Crippen molar-refractivity contribution in [1.82, 2.24) is 4.90 Å². The van der Waals surface area contributed by atoms with Gasteiger partial charge in [0, 0.05) is 19.1 Å². The van der Waals surface area contributed by atoms with E-state index in [4.69, 9.17) is 0 Å². The van der Waals surface area contributed by atoms with E-state index < -0.39 is 11.4 Å². The third kappa shape index (κ3) is 2.97. The Morgan fingerprint density at radius 1 is 1.44 bits per heavy atom. The predicted octanol–water partition coefficient (Wildman–Crippen LogP) is 2.61. The molecule has 3 heteroatoms. The zero-order chi connectivity index (χ0) is 12.3. The third-order valence-electron chi connectivity index (χ3n) is 4.10. The van der Waals surface area contributed by atoms with Crippen LogP contribution < -0.4 is 0 Å². The summed E-state index contributed by atoms with van der Waals surface area (Å²) in [6, 6.07) is 0.529. The van der Waals surface area contributed by atoms with E-state index in [2.05, 4.69) is 18.7 Å². The Morgan fingerprint density at radius 3 is 2.56 bits per heavy atom. The van der Waals surface area contributed by atoms with Crippen molar-refractivity contribution in [3.63, 3.8) is 0 Å². The van der Waals surface area contributed by atoms with Crippen LogP contribution in [-0.2, 0) is 4.79 Å². The minimum atomic E-state index is -0.666. The summed E-state index contributed by atoms with van der Waals surface area (Å²) in [5.74, 6) is 0.0338. The normalized spacial score (nSPS) is 31.0. The highest BCUT2D eigenvalue weighted by Gasteiger charge is 2.36. The Morgan fingerprint density at radius 2 is 2.06 bits per heavy atom. The van der Waals surface area contributed by atoms with E-state index in [-0.39, 0.29) is 0 Å². The lowest BCUT2D eigenvalue weighted by Crippen LogP contribution is -2.48. The number of nitrogens with zero attached hydrogens (tertiary/aromatic N) is 1. The van der Waals surface area contributed by atoms with Crippen molar-refractivity contribution in [2.75, 3.05) is 13.1 Å². The second-order valence-electron chi connectivity index (χ2n) is 5.68. The summed E-state index contributed by atoms with van der Waals surface area (Å²) < 4.78 is 0. The molecule has 0 bridgehead atoms. The maximum absolute atomic E-state index is 11.3. The molecule has 3 unspecified atom stereocenters. The fourth-order valence-electron chi connectivity index (χ4n) is 2.38. The lowest BCUT2D eigenvalue weighted by Gasteiger charge is -2.40. The van der Waals surface area contributed by atoms with Gasteiger partial charge >= 0.3 is 5.97 Å². The van der Waals surface area contributed by atoms with Crippen LogP contribution in [0.5, 0.6) is 0 Å². The molecular weight excluding hydrogens is 202 g/mol. The monoisotopic (exact) mass is 227 g/mol. The molecule has 1 N–H and O–H groups in total. The molecule has 1 fully saturated rings. The molecule has 1 heterocycles. The van der Waals surface area contributed by atoms with E-state index in [1.165, 1.54) is 12.8 Å². The molecule has 0 amide bonds. The molecule has 0 radical (unpaired) electrons. The maximum Gasteiger partial charge on any atom is 0.310 e. The van der Waals surface area contributed by atoms with Crippen LogP contribution in [0, 0.1) is 11.3 Å². The summed E-state index contributed by atoms with van der Waals surface area (Å²) in [5, 5.41) is 9.29. The first-order chi connectivity index (χ1) is 7.39. The van der Waals surface area contributed by atoms with Crippen molar-refractivity contribution >= 4 is 5.97 Å². The Labute approximate surface area is 98.8 Å². The van der Waals surface area contributed by atoms with Gasteiger partial charge in [0.25, 0.3) is 0 Å². The van der Waals surface area contributed by atoms with Gasteiger partial charge in [-0.15, -0.1) is 0 Å². The largest absolute Gasteiger partial charge is 0.481 e. The van der Waals surface area contributed by atoms with E-state index in [0.29, 0.717) is 24.9 Å². The number of rotatable bonds is 4. The zero-order valence-electron chi connectivity index (χ0n) is 11.0. The van der Waals surface area contributed by atoms with Gasteiger partial charge in [-0.05, 0) is 39.0 Å². The van der Waals surface area contributed by atoms with E-state index in [1.807, 2.05) is 13.8 Å². The number of carboxylic acid groups (broad SMARTS) is 1. The zero-order valence-corrected chi connectivity index (χ0v) is 11.0. The number of aliphatic carboxylic acids is 1. The third-order valence-corrected chi connectivity index (χ3v) is 4.10. The number of likely N-dealkylation sites (tertiary alicyclic amines) is 1. The van der Waals surface area contributed by atoms with Crippen molar-refractivity contribution < 1.29 is 9.90 Å². The quantitative estimate of drug-likeness (QED) is 0.802. The average molecular weight is 227 g/mol. The van der Waals surface area contributed by atoms with E-state index in [0.717, 1.165) is 6.54 Å². The van der Waals surface area contributed by atoms with Crippen LogP contribution in [0.15, 0.2) is 0 Å². The topological polar surface area (TPSA) is 40.5 Å².